The van der Waals surface area contributed by atoms with Gasteiger partial charge < -0.3 is 42.7 Å². The predicted octanol–water partition coefficient (Wildman–Crippen LogP) is -2.29. The molecule has 4 amide bonds. The molecule has 0 spiro atoms. The molecule has 13 nitrogen and oxygen atoms in total. The summed E-state index contributed by atoms with van der Waals surface area (Å²) in [6, 6.07) is 0.732. The molecule has 0 aromatic heterocycles. The molecule has 1 rings (SSSR count). The third-order valence-electron chi connectivity index (χ3n) is 5.14. The van der Waals surface area contributed by atoms with Crippen molar-refractivity contribution in [1.82, 2.24) is 16.0 Å². The zero-order chi connectivity index (χ0) is 26.7. The van der Waals surface area contributed by atoms with E-state index >= 15 is 0 Å². The third kappa shape index (κ3) is 9.98. The van der Waals surface area contributed by atoms with Crippen LogP contribution in [0, 0.1) is 5.92 Å². The van der Waals surface area contributed by atoms with Crippen molar-refractivity contribution >= 4 is 29.6 Å². The molecule has 0 aliphatic heterocycles. The second kappa shape index (κ2) is 13.9. The Morgan fingerprint density at radius 1 is 0.886 bits per heavy atom. The van der Waals surface area contributed by atoms with Crippen LogP contribution < -0.4 is 27.4 Å². The standard InChI is InChI=1S/C22H33N5O8/c1-11(2)18(24)21(33)26-15(9-12-3-5-13(29)6-4-12)19(31)27-16(10-28)20(32)25-14(22(34)35)7-8-17(23)30/h3-6,11,14-16,18,28-29H,7-10,24H2,1-2H3,(H2,23,30)(H,25,32)(H,26,33)(H,27,31)(H,34,35). The molecule has 13 heteroatoms. The summed E-state index contributed by atoms with van der Waals surface area (Å²) in [5, 5.41) is 35.3. The van der Waals surface area contributed by atoms with Gasteiger partial charge in [0.2, 0.25) is 23.6 Å². The number of aliphatic carboxylic acids is 1. The van der Waals surface area contributed by atoms with Crippen molar-refractivity contribution in [3.8, 4) is 5.75 Å². The number of phenolic OH excluding ortho intramolecular Hbond substituents is 1. The molecule has 194 valence electrons. The topological polar surface area (TPSA) is 234 Å². The van der Waals surface area contributed by atoms with Crippen LogP contribution in [0.15, 0.2) is 24.3 Å². The number of benzene rings is 1. The number of amides is 4. The van der Waals surface area contributed by atoms with Crippen LogP contribution in [0.2, 0.25) is 0 Å². The maximum atomic E-state index is 13.0. The predicted molar refractivity (Wildman–Crippen MR) is 124 cm³/mol. The van der Waals surface area contributed by atoms with Crippen LogP contribution in [0.5, 0.6) is 5.75 Å². The van der Waals surface area contributed by atoms with E-state index in [0.29, 0.717) is 5.56 Å². The maximum Gasteiger partial charge on any atom is 0.326 e. The number of carbonyl (C=O) groups excluding carboxylic acids is 4. The Kier molecular flexibility index (Phi) is 11.6. The van der Waals surface area contributed by atoms with Crippen molar-refractivity contribution in [3.05, 3.63) is 29.8 Å². The highest BCUT2D eigenvalue weighted by atomic mass is 16.4. The van der Waals surface area contributed by atoms with Gasteiger partial charge >= 0.3 is 5.97 Å². The summed E-state index contributed by atoms with van der Waals surface area (Å²) in [4.78, 5) is 60.3. The number of phenols is 1. The van der Waals surface area contributed by atoms with Crippen molar-refractivity contribution in [2.45, 2.75) is 57.3 Å². The third-order valence-corrected chi connectivity index (χ3v) is 5.14. The Morgan fingerprint density at radius 2 is 1.40 bits per heavy atom. The summed E-state index contributed by atoms with van der Waals surface area (Å²) in [7, 11) is 0. The number of aliphatic hydroxyl groups excluding tert-OH is 1. The highest BCUT2D eigenvalue weighted by Gasteiger charge is 2.30. The molecule has 4 unspecified atom stereocenters. The molecular weight excluding hydrogens is 462 g/mol. The molecule has 0 radical (unpaired) electrons. The molecule has 0 heterocycles. The average Bonchev–Trinajstić information content (AvgIpc) is 2.79. The van der Waals surface area contributed by atoms with Gasteiger partial charge in [-0.2, -0.15) is 0 Å². The number of aromatic hydroxyl groups is 1. The van der Waals surface area contributed by atoms with E-state index in [4.69, 9.17) is 11.5 Å². The lowest BCUT2D eigenvalue weighted by Crippen LogP contribution is -2.59. The number of primary amides is 1. The van der Waals surface area contributed by atoms with E-state index in [1.54, 1.807) is 13.8 Å². The van der Waals surface area contributed by atoms with Crippen LogP contribution in [-0.2, 0) is 30.4 Å². The van der Waals surface area contributed by atoms with E-state index in [9.17, 15) is 39.3 Å². The lowest BCUT2D eigenvalue weighted by molar-refractivity contribution is -0.143. The first kappa shape index (κ1) is 29.3. The van der Waals surface area contributed by atoms with E-state index in [2.05, 4.69) is 16.0 Å². The Hall–Kier alpha value is -3.71. The minimum atomic E-state index is -1.55. The van der Waals surface area contributed by atoms with Gasteiger partial charge in [-0.1, -0.05) is 26.0 Å². The SMILES string of the molecule is CC(C)C(N)C(=O)NC(Cc1ccc(O)cc1)C(=O)NC(CO)C(=O)NC(CCC(N)=O)C(=O)O. The smallest absolute Gasteiger partial charge is 0.326 e. The van der Waals surface area contributed by atoms with Crippen molar-refractivity contribution < 1.29 is 39.3 Å². The van der Waals surface area contributed by atoms with Gasteiger partial charge in [-0.3, -0.25) is 19.2 Å². The molecule has 0 saturated heterocycles. The van der Waals surface area contributed by atoms with Crippen molar-refractivity contribution in [2.75, 3.05) is 6.61 Å². The van der Waals surface area contributed by atoms with E-state index in [-0.39, 0.29) is 30.9 Å². The quantitative estimate of drug-likeness (QED) is 0.138. The number of carbonyl (C=O) groups is 5. The number of hydrogen-bond acceptors (Lipinski definition) is 8. The van der Waals surface area contributed by atoms with Crippen molar-refractivity contribution in [1.29, 1.82) is 0 Å². The summed E-state index contributed by atoms with van der Waals surface area (Å²) in [5.74, 6) is -4.86. The zero-order valence-electron chi connectivity index (χ0n) is 19.6. The molecular formula is C22H33N5O8. The average molecular weight is 496 g/mol. The first-order valence-electron chi connectivity index (χ1n) is 10.9. The van der Waals surface area contributed by atoms with Crippen LogP contribution in [0.4, 0.5) is 0 Å². The summed E-state index contributed by atoms with van der Waals surface area (Å²) in [6.45, 7) is 2.58. The monoisotopic (exact) mass is 495 g/mol. The molecule has 0 saturated carbocycles. The molecule has 0 aliphatic rings. The minimum Gasteiger partial charge on any atom is -0.508 e. The lowest BCUT2D eigenvalue weighted by atomic mass is 10.0. The van der Waals surface area contributed by atoms with E-state index in [0.717, 1.165) is 0 Å². The number of hydrogen-bond donors (Lipinski definition) is 8. The van der Waals surface area contributed by atoms with E-state index < -0.39 is 60.4 Å². The molecule has 4 atom stereocenters. The number of nitrogens with one attached hydrogen (secondary N) is 3. The summed E-state index contributed by atoms with van der Waals surface area (Å²) >= 11 is 0. The molecule has 0 aliphatic carbocycles. The van der Waals surface area contributed by atoms with Gasteiger partial charge in [0.05, 0.1) is 12.6 Å². The second-order valence-corrected chi connectivity index (χ2v) is 8.35. The van der Waals surface area contributed by atoms with E-state index in [1.165, 1.54) is 24.3 Å². The van der Waals surface area contributed by atoms with Crippen LogP contribution in [-0.4, -0.2) is 75.7 Å². The highest BCUT2D eigenvalue weighted by Crippen LogP contribution is 2.12. The number of rotatable bonds is 14. The first-order chi connectivity index (χ1) is 16.3. The van der Waals surface area contributed by atoms with Gasteiger partial charge in [0.25, 0.3) is 0 Å². The summed E-state index contributed by atoms with van der Waals surface area (Å²) in [6.07, 6.45) is -0.613. The first-order valence-corrected chi connectivity index (χ1v) is 10.9. The Bertz CT molecular complexity index is 906. The van der Waals surface area contributed by atoms with Crippen molar-refractivity contribution in [3.63, 3.8) is 0 Å². The molecule has 0 fully saturated rings. The van der Waals surface area contributed by atoms with Gasteiger partial charge in [-0.05, 0) is 30.0 Å². The van der Waals surface area contributed by atoms with Crippen LogP contribution in [0.3, 0.4) is 0 Å². The highest BCUT2D eigenvalue weighted by molar-refractivity contribution is 5.94. The van der Waals surface area contributed by atoms with Crippen LogP contribution in [0.25, 0.3) is 0 Å². The number of aliphatic hydroxyl groups is 1. The maximum absolute atomic E-state index is 13.0. The van der Waals surface area contributed by atoms with Crippen LogP contribution >= 0.6 is 0 Å². The number of carboxylic acids is 1. The zero-order valence-corrected chi connectivity index (χ0v) is 19.6. The largest absolute Gasteiger partial charge is 0.508 e. The van der Waals surface area contributed by atoms with Gasteiger partial charge in [0, 0.05) is 12.8 Å². The fraction of sp³-hybridized carbons (Fsp3) is 0.500. The van der Waals surface area contributed by atoms with Gasteiger partial charge in [0.15, 0.2) is 0 Å². The number of nitrogens with two attached hydrogens (primary N) is 2. The molecule has 1 aromatic carbocycles. The molecule has 1 aromatic rings. The summed E-state index contributed by atoms with van der Waals surface area (Å²) in [5.41, 5.74) is 11.4. The lowest BCUT2D eigenvalue weighted by Gasteiger charge is -2.25. The second-order valence-electron chi connectivity index (χ2n) is 8.35. The Labute approximate surface area is 202 Å². The molecule has 0 bridgehead atoms. The van der Waals surface area contributed by atoms with Crippen LogP contribution in [0.1, 0.15) is 32.3 Å². The fourth-order valence-corrected chi connectivity index (χ4v) is 2.93. The minimum absolute atomic E-state index is 0.00181. The fourth-order valence-electron chi connectivity index (χ4n) is 2.93. The Balaban J connectivity index is 3.00. The van der Waals surface area contributed by atoms with Gasteiger partial charge in [0.1, 0.15) is 23.9 Å². The van der Waals surface area contributed by atoms with Crippen molar-refractivity contribution in [2.24, 2.45) is 17.4 Å². The molecule has 35 heavy (non-hydrogen) atoms. The van der Waals surface area contributed by atoms with Gasteiger partial charge in [-0.25, -0.2) is 4.79 Å². The molecule has 10 N–H and O–H groups in total. The Morgan fingerprint density at radius 3 is 1.89 bits per heavy atom. The summed E-state index contributed by atoms with van der Waals surface area (Å²) < 4.78 is 0. The van der Waals surface area contributed by atoms with Gasteiger partial charge in [-0.15, -0.1) is 0 Å². The number of carboxylic acid groups (broad SMARTS) is 1. The van der Waals surface area contributed by atoms with E-state index in [1.807, 2.05) is 0 Å². The normalized spacial score (nSPS) is 14.3.